The van der Waals surface area contributed by atoms with E-state index < -0.39 is 11.9 Å². The van der Waals surface area contributed by atoms with Crippen LogP contribution in [0.2, 0.25) is 0 Å². The van der Waals surface area contributed by atoms with Gasteiger partial charge in [0.25, 0.3) is 11.8 Å². The third-order valence-corrected chi connectivity index (χ3v) is 9.49. The molecule has 0 radical (unpaired) electrons. The number of thiazole rings is 2. The van der Waals surface area contributed by atoms with Gasteiger partial charge in [-0.15, -0.1) is 22.7 Å². The summed E-state index contributed by atoms with van der Waals surface area (Å²) < 4.78 is 2.68. The number of piperidine rings is 1. The predicted octanol–water partition coefficient (Wildman–Crippen LogP) is 6.41. The molecule has 1 saturated heterocycles. The Morgan fingerprint density at radius 3 is 2.48 bits per heavy atom. The van der Waals surface area contributed by atoms with E-state index in [0.29, 0.717) is 29.9 Å². The Labute approximate surface area is 261 Å². The molecule has 0 spiro atoms. The lowest BCUT2D eigenvalue weighted by Crippen LogP contribution is -2.44. The highest BCUT2D eigenvalue weighted by molar-refractivity contribution is 7.20. The number of hydrogen-bond donors (Lipinski definition) is 2. The number of benzene rings is 3. The van der Waals surface area contributed by atoms with Crippen molar-refractivity contribution in [2.45, 2.75) is 25.3 Å². The Hall–Kier alpha value is -4.87. The molecule has 1 aliphatic rings. The Morgan fingerprint density at radius 2 is 1.66 bits per heavy atom. The summed E-state index contributed by atoms with van der Waals surface area (Å²) in [6.45, 7) is 1.39. The molecule has 4 heterocycles. The summed E-state index contributed by atoms with van der Waals surface area (Å²) in [6.07, 6.45) is 6.88. The van der Waals surface area contributed by atoms with Crippen LogP contribution in [0.4, 0.5) is 5.69 Å². The minimum atomic E-state index is -0.796. The van der Waals surface area contributed by atoms with Crippen molar-refractivity contribution >= 4 is 61.3 Å². The fourth-order valence-corrected chi connectivity index (χ4v) is 7.09. The standard InChI is InChI=1S/C33H28N6O3S2/c40-29(24-12-6-5-11-23(24)26-20-39-17-18-43-33(39)36-26)34-22-13-14-25-27(19-22)44-31(35-25)30(41)37-28(21-9-3-1-4-10-21)32(42)38-15-7-2-8-16-38/h1,3-6,9-14,17-20,28H,2,7-8,15-16H2,(H,34,40)(H,37,41)/t28-/m0/s1. The van der Waals surface area contributed by atoms with E-state index in [0.717, 1.165) is 45.7 Å². The van der Waals surface area contributed by atoms with Gasteiger partial charge in [-0.05, 0) is 49.1 Å². The molecule has 1 aliphatic heterocycles. The molecule has 1 fully saturated rings. The summed E-state index contributed by atoms with van der Waals surface area (Å²) in [5.74, 6) is -0.781. The quantitative estimate of drug-likeness (QED) is 0.215. The second kappa shape index (κ2) is 12.0. The molecule has 3 aromatic carbocycles. The molecule has 220 valence electrons. The average molecular weight is 621 g/mol. The van der Waals surface area contributed by atoms with E-state index in [-0.39, 0.29) is 16.8 Å². The first-order valence-electron chi connectivity index (χ1n) is 14.4. The zero-order valence-electron chi connectivity index (χ0n) is 23.6. The topological polar surface area (TPSA) is 109 Å². The highest BCUT2D eigenvalue weighted by Crippen LogP contribution is 2.29. The number of hydrogen-bond acceptors (Lipinski definition) is 7. The molecule has 0 aliphatic carbocycles. The highest BCUT2D eigenvalue weighted by Gasteiger charge is 2.29. The molecule has 6 aromatic rings. The molecule has 1 atom stereocenters. The van der Waals surface area contributed by atoms with E-state index in [1.165, 1.54) is 22.7 Å². The molecular weight excluding hydrogens is 593 g/mol. The van der Waals surface area contributed by atoms with Crippen LogP contribution in [0.3, 0.4) is 0 Å². The second-order valence-corrected chi connectivity index (χ2v) is 12.5. The van der Waals surface area contributed by atoms with Gasteiger partial charge in [0.15, 0.2) is 9.97 Å². The van der Waals surface area contributed by atoms with Gasteiger partial charge in [0.1, 0.15) is 6.04 Å². The minimum absolute atomic E-state index is 0.106. The Kier molecular flexibility index (Phi) is 7.63. The zero-order chi connectivity index (χ0) is 30.0. The number of nitrogens with zero attached hydrogens (tertiary/aromatic N) is 4. The first-order valence-corrected chi connectivity index (χ1v) is 16.1. The van der Waals surface area contributed by atoms with Crippen molar-refractivity contribution in [3.05, 3.63) is 107 Å². The van der Waals surface area contributed by atoms with E-state index >= 15 is 0 Å². The summed E-state index contributed by atoms with van der Waals surface area (Å²) in [5, 5.41) is 8.15. The van der Waals surface area contributed by atoms with Gasteiger partial charge in [0.05, 0.1) is 15.9 Å². The Balaban J connectivity index is 1.10. The number of likely N-dealkylation sites (tertiary alicyclic amines) is 1. The van der Waals surface area contributed by atoms with E-state index in [1.54, 1.807) is 18.2 Å². The van der Waals surface area contributed by atoms with Gasteiger partial charge in [-0.2, -0.15) is 0 Å². The summed E-state index contributed by atoms with van der Waals surface area (Å²) in [7, 11) is 0. The largest absolute Gasteiger partial charge is 0.341 e. The van der Waals surface area contributed by atoms with Crippen LogP contribution >= 0.6 is 22.7 Å². The summed E-state index contributed by atoms with van der Waals surface area (Å²) in [5.41, 5.74) is 3.93. The Bertz CT molecular complexity index is 1960. The van der Waals surface area contributed by atoms with Crippen molar-refractivity contribution in [1.82, 2.24) is 24.6 Å². The number of fused-ring (bicyclic) bond motifs is 2. The molecule has 0 bridgehead atoms. The number of aromatic nitrogens is 3. The molecule has 0 saturated carbocycles. The zero-order valence-corrected chi connectivity index (χ0v) is 25.2. The highest BCUT2D eigenvalue weighted by atomic mass is 32.1. The minimum Gasteiger partial charge on any atom is -0.341 e. The molecule has 11 heteroatoms. The lowest BCUT2D eigenvalue weighted by atomic mass is 10.0. The van der Waals surface area contributed by atoms with E-state index in [1.807, 2.05) is 81.7 Å². The fraction of sp³-hybridized carbons (Fsp3) is 0.182. The maximum Gasteiger partial charge on any atom is 0.281 e. The number of anilines is 1. The summed E-state index contributed by atoms with van der Waals surface area (Å²) in [4.78, 5) is 52.2. The maximum absolute atomic E-state index is 13.5. The van der Waals surface area contributed by atoms with Crippen LogP contribution in [0, 0.1) is 0 Å². The van der Waals surface area contributed by atoms with E-state index in [4.69, 9.17) is 0 Å². The van der Waals surface area contributed by atoms with E-state index in [9.17, 15) is 14.4 Å². The van der Waals surface area contributed by atoms with Crippen LogP contribution in [0.5, 0.6) is 0 Å². The van der Waals surface area contributed by atoms with Crippen LogP contribution < -0.4 is 10.6 Å². The fourth-order valence-electron chi connectivity index (χ4n) is 5.48. The Morgan fingerprint density at radius 1 is 0.864 bits per heavy atom. The number of carbonyl (C=O) groups is 3. The molecule has 7 rings (SSSR count). The number of rotatable bonds is 7. The molecule has 3 aromatic heterocycles. The summed E-state index contributed by atoms with van der Waals surface area (Å²) in [6, 6.07) is 21.3. The van der Waals surface area contributed by atoms with Gasteiger partial charge in [0.2, 0.25) is 5.91 Å². The van der Waals surface area contributed by atoms with Crippen molar-refractivity contribution in [3.8, 4) is 11.3 Å². The van der Waals surface area contributed by atoms with Crippen LogP contribution in [0.1, 0.15) is 51.0 Å². The second-order valence-electron chi connectivity index (χ2n) is 10.6. The third kappa shape index (κ3) is 5.59. The van der Waals surface area contributed by atoms with Crippen LogP contribution in [0.15, 0.2) is 90.6 Å². The molecule has 3 amide bonds. The monoisotopic (exact) mass is 620 g/mol. The lowest BCUT2D eigenvalue weighted by molar-refractivity contribution is -0.134. The van der Waals surface area contributed by atoms with Crippen molar-refractivity contribution < 1.29 is 14.4 Å². The van der Waals surface area contributed by atoms with Crippen LogP contribution in [-0.2, 0) is 4.79 Å². The molecule has 2 N–H and O–H groups in total. The number of amides is 3. The van der Waals surface area contributed by atoms with Gasteiger partial charge >= 0.3 is 0 Å². The smallest absolute Gasteiger partial charge is 0.281 e. The first kappa shape index (κ1) is 27.9. The van der Waals surface area contributed by atoms with Crippen molar-refractivity contribution in [3.63, 3.8) is 0 Å². The first-order chi connectivity index (χ1) is 21.5. The molecule has 44 heavy (non-hydrogen) atoms. The van der Waals surface area contributed by atoms with Gasteiger partial charge in [-0.3, -0.25) is 18.8 Å². The van der Waals surface area contributed by atoms with Crippen molar-refractivity contribution in [2.24, 2.45) is 0 Å². The molecule has 0 unspecified atom stereocenters. The normalized spacial score (nSPS) is 14.0. The molecule has 9 nitrogen and oxygen atoms in total. The van der Waals surface area contributed by atoms with Gasteiger partial charge < -0.3 is 15.5 Å². The van der Waals surface area contributed by atoms with Gasteiger partial charge in [-0.1, -0.05) is 48.5 Å². The summed E-state index contributed by atoms with van der Waals surface area (Å²) >= 11 is 2.75. The maximum atomic E-state index is 13.5. The number of nitrogens with one attached hydrogen (secondary N) is 2. The van der Waals surface area contributed by atoms with Crippen LogP contribution in [0.25, 0.3) is 26.4 Å². The van der Waals surface area contributed by atoms with Crippen molar-refractivity contribution in [1.29, 1.82) is 0 Å². The predicted molar refractivity (Wildman–Crippen MR) is 173 cm³/mol. The number of imidazole rings is 1. The van der Waals surface area contributed by atoms with E-state index in [2.05, 4.69) is 20.6 Å². The van der Waals surface area contributed by atoms with Gasteiger partial charge in [-0.25, -0.2) is 9.97 Å². The van der Waals surface area contributed by atoms with Crippen molar-refractivity contribution in [2.75, 3.05) is 18.4 Å². The number of carbonyl (C=O) groups excluding carboxylic acids is 3. The third-order valence-electron chi connectivity index (χ3n) is 7.70. The SMILES string of the molecule is O=C(N[C@H](C(=O)N1CCCCC1)c1ccccc1)c1nc2ccc(NC(=O)c3ccccc3-c3cn4ccsc4n3)cc2s1. The van der Waals surface area contributed by atoms with Gasteiger partial charge in [0, 0.05) is 47.7 Å². The molecular formula is C33H28N6O3S2. The average Bonchev–Trinajstić information content (AvgIpc) is 3.80. The lowest BCUT2D eigenvalue weighted by Gasteiger charge is -2.30. The van der Waals surface area contributed by atoms with Crippen LogP contribution in [-0.4, -0.2) is 50.1 Å².